The maximum atomic E-state index is 15.7. The van der Waals surface area contributed by atoms with Crippen molar-refractivity contribution in [2.75, 3.05) is 20.2 Å². The van der Waals surface area contributed by atoms with Gasteiger partial charge in [0.15, 0.2) is 5.82 Å². The highest BCUT2D eigenvalue weighted by Crippen LogP contribution is 2.43. The van der Waals surface area contributed by atoms with Crippen LogP contribution in [0.4, 0.5) is 9.18 Å². The Balaban J connectivity index is 1.38. The molecule has 0 unspecified atom stereocenters. The Hall–Kier alpha value is -4.46. The second-order valence-corrected chi connectivity index (χ2v) is 11.2. The number of esters is 1. The number of pyridine rings is 1. The van der Waals surface area contributed by atoms with Gasteiger partial charge in [0, 0.05) is 11.6 Å². The maximum absolute atomic E-state index is 15.7. The fourth-order valence-electron chi connectivity index (χ4n) is 5.43. The van der Waals surface area contributed by atoms with E-state index in [1.165, 1.54) is 19.4 Å². The molecule has 204 valence electrons. The van der Waals surface area contributed by atoms with Gasteiger partial charge in [-0.25, -0.2) is 19.0 Å². The summed E-state index contributed by atoms with van der Waals surface area (Å²) in [6.07, 6.45) is 0.807. The van der Waals surface area contributed by atoms with Crippen LogP contribution in [0, 0.1) is 12.7 Å². The third kappa shape index (κ3) is 4.33. The molecule has 4 aromatic carbocycles. The summed E-state index contributed by atoms with van der Waals surface area (Å²) in [6.45, 7) is 8.10. The minimum Gasteiger partial charge on any atom is -0.485 e. The first kappa shape index (κ1) is 25.8. The Bertz CT molecular complexity index is 1800. The Labute approximate surface area is 230 Å². The van der Waals surface area contributed by atoms with Gasteiger partial charge in [-0.3, -0.25) is 0 Å². The van der Waals surface area contributed by atoms with Gasteiger partial charge < -0.3 is 19.1 Å². The van der Waals surface area contributed by atoms with Gasteiger partial charge in [-0.2, -0.15) is 0 Å². The first-order valence-corrected chi connectivity index (χ1v) is 13.1. The zero-order chi connectivity index (χ0) is 28.3. The highest BCUT2D eigenvalue weighted by Gasteiger charge is 2.35. The van der Waals surface area contributed by atoms with Gasteiger partial charge >= 0.3 is 12.1 Å². The molecular formula is C32H29FN2O5. The average Bonchev–Trinajstić information content (AvgIpc) is 2.88. The van der Waals surface area contributed by atoms with Crippen molar-refractivity contribution in [1.82, 2.24) is 9.88 Å². The highest BCUT2D eigenvalue weighted by atomic mass is 19.1. The molecule has 6 rings (SSSR count). The van der Waals surface area contributed by atoms with E-state index < -0.39 is 23.5 Å². The highest BCUT2D eigenvalue weighted by molar-refractivity contribution is 6.29. The molecule has 0 N–H and O–H groups in total. The van der Waals surface area contributed by atoms with Crippen molar-refractivity contribution < 1.29 is 28.2 Å². The van der Waals surface area contributed by atoms with Gasteiger partial charge in [-0.15, -0.1) is 0 Å². The van der Waals surface area contributed by atoms with Crippen molar-refractivity contribution in [2.24, 2.45) is 0 Å². The summed E-state index contributed by atoms with van der Waals surface area (Å²) in [4.78, 5) is 31.0. The standard InChI is InChI=1S/C32H29FN2O5/c1-17-11-25(30(36)38-5)23-13-24(22-8-6-7-18-9-10-21(17)28(23)27(18)22)29-26(33)12-19(14-34-29)39-20-15-35(16-20)31(37)40-32(2,3)4/h6-14,20H,15-16H2,1-5H3. The molecule has 1 aliphatic heterocycles. The van der Waals surface area contributed by atoms with Crippen LogP contribution in [0.15, 0.2) is 54.7 Å². The number of hydrogen-bond donors (Lipinski definition) is 0. The van der Waals surface area contributed by atoms with Gasteiger partial charge in [0.05, 0.1) is 32.0 Å². The molecule has 1 aliphatic rings. The van der Waals surface area contributed by atoms with E-state index in [1.807, 2.05) is 64.1 Å². The lowest BCUT2D eigenvalue weighted by molar-refractivity contribution is -0.0222. The van der Waals surface area contributed by atoms with Crippen molar-refractivity contribution in [1.29, 1.82) is 0 Å². The predicted molar refractivity (Wildman–Crippen MR) is 152 cm³/mol. The summed E-state index contributed by atoms with van der Waals surface area (Å²) in [7, 11) is 1.35. The number of carbonyl (C=O) groups is 2. The number of halogens is 1. The van der Waals surface area contributed by atoms with Gasteiger partial charge in [-0.1, -0.05) is 30.3 Å². The van der Waals surface area contributed by atoms with E-state index in [0.29, 0.717) is 29.6 Å². The van der Waals surface area contributed by atoms with Crippen LogP contribution < -0.4 is 4.74 Å². The fraction of sp³-hybridized carbons (Fsp3) is 0.281. The van der Waals surface area contributed by atoms with Crippen LogP contribution >= 0.6 is 0 Å². The van der Waals surface area contributed by atoms with Gasteiger partial charge in [0.25, 0.3) is 0 Å². The van der Waals surface area contributed by atoms with Crippen LogP contribution in [-0.4, -0.2) is 53.9 Å². The van der Waals surface area contributed by atoms with Gasteiger partial charge in [0.1, 0.15) is 23.1 Å². The van der Waals surface area contributed by atoms with Crippen molar-refractivity contribution in [3.8, 4) is 17.0 Å². The van der Waals surface area contributed by atoms with Crippen LogP contribution in [0.3, 0.4) is 0 Å². The summed E-state index contributed by atoms with van der Waals surface area (Å²) >= 11 is 0. The number of hydrogen-bond acceptors (Lipinski definition) is 6. The number of aryl methyl sites for hydroxylation is 1. The number of benzene rings is 4. The number of methoxy groups -OCH3 is 1. The smallest absolute Gasteiger partial charge is 0.410 e. The molecule has 40 heavy (non-hydrogen) atoms. The van der Waals surface area contributed by atoms with Crippen LogP contribution in [0.2, 0.25) is 0 Å². The lowest BCUT2D eigenvalue weighted by Gasteiger charge is -2.39. The zero-order valence-electron chi connectivity index (χ0n) is 23.0. The van der Waals surface area contributed by atoms with E-state index in [1.54, 1.807) is 4.90 Å². The number of aromatic nitrogens is 1. The van der Waals surface area contributed by atoms with Crippen LogP contribution in [-0.2, 0) is 9.47 Å². The third-order valence-corrected chi connectivity index (χ3v) is 7.25. The Morgan fingerprint density at radius 1 is 1.00 bits per heavy atom. The Kier molecular flexibility index (Phi) is 6.02. The third-order valence-electron chi connectivity index (χ3n) is 7.25. The first-order chi connectivity index (χ1) is 19.0. The summed E-state index contributed by atoms with van der Waals surface area (Å²) < 4.78 is 32.0. The van der Waals surface area contributed by atoms with Crippen molar-refractivity contribution in [3.05, 3.63) is 71.7 Å². The molecule has 1 amide bonds. The molecule has 2 heterocycles. The van der Waals surface area contributed by atoms with Crippen molar-refractivity contribution in [3.63, 3.8) is 0 Å². The lowest BCUT2D eigenvalue weighted by atomic mass is 9.86. The summed E-state index contributed by atoms with van der Waals surface area (Å²) in [5, 5.41) is 5.42. The van der Waals surface area contributed by atoms with E-state index in [9.17, 15) is 9.59 Å². The molecule has 0 radical (unpaired) electrons. The van der Waals surface area contributed by atoms with Crippen molar-refractivity contribution in [2.45, 2.75) is 39.4 Å². The molecule has 8 heteroatoms. The second kappa shape index (κ2) is 9.33. The molecule has 7 nitrogen and oxygen atoms in total. The topological polar surface area (TPSA) is 78.0 Å². The predicted octanol–water partition coefficient (Wildman–Crippen LogP) is 6.88. The van der Waals surface area contributed by atoms with Gasteiger partial charge in [0.2, 0.25) is 0 Å². The SMILES string of the molecule is COC(=O)c1cc(C)c2ccc3cccc4c(-c5ncc(OC6CN(C(=O)OC(C)(C)C)C6)cc5F)cc1c2c34. The lowest BCUT2D eigenvalue weighted by Crippen LogP contribution is -2.57. The number of carbonyl (C=O) groups excluding carboxylic acids is 2. The molecule has 0 spiro atoms. The minimum atomic E-state index is -0.577. The normalized spacial score (nSPS) is 14.1. The molecule has 1 aromatic heterocycles. The molecular weight excluding hydrogens is 511 g/mol. The van der Waals surface area contributed by atoms with Crippen molar-refractivity contribution >= 4 is 44.4 Å². The Morgan fingerprint density at radius 2 is 1.77 bits per heavy atom. The minimum absolute atomic E-state index is 0.155. The molecule has 1 fully saturated rings. The van der Waals surface area contributed by atoms with E-state index >= 15 is 4.39 Å². The molecule has 0 atom stereocenters. The maximum Gasteiger partial charge on any atom is 0.410 e. The van der Waals surface area contributed by atoms with Crippen LogP contribution in [0.1, 0.15) is 36.7 Å². The number of rotatable bonds is 4. The van der Waals surface area contributed by atoms with Gasteiger partial charge in [-0.05, 0) is 77.7 Å². The second-order valence-electron chi connectivity index (χ2n) is 11.2. The molecule has 0 aliphatic carbocycles. The first-order valence-electron chi connectivity index (χ1n) is 13.1. The summed E-state index contributed by atoms with van der Waals surface area (Å²) in [5.74, 6) is -0.727. The van der Waals surface area contributed by atoms with E-state index in [-0.39, 0.29) is 17.5 Å². The summed E-state index contributed by atoms with van der Waals surface area (Å²) in [6, 6.07) is 14.9. The monoisotopic (exact) mass is 540 g/mol. The van der Waals surface area contributed by atoms with E-state index in [4.69, 9.17) is 14.2 Å². The van der Waals surface area contributed by atoms with Crippen LogP contribution in [0.5, 0.6) is 5.75 Å². The molecule has 0 bridgehead atoms. The van der Waals surface area contributed by atoms with E-state index in [2.05, 4.69) is 11.1 Å². The Morgan fingerprint density at radius 3 is 2.48 bits per heavy atom. The van der Waals surface area contributed by atoms with E-state index in [0.717, 1.165) is 32.5 Å². The average molecular weight is 541 g/mol. The molecule has 0 saturated carbocycles. The zero-order valence-corrected chi connectivity index (χ0v) is 23.0. The van der Waals surface area contributed by atoms with Crippen LogP contribution in [0.25, 0.3) is 43.6 Å². The number of amides is 1. The fourth-order valence-corrected chi connectivity index (χ4v) is 5.43. The summed E-state index contributed by atoms with van der Waals surface area (Å²) in [5.41, 5.74) is 1.53. The largest absolute Gasteiger partial charge is 0.485 e. The number of ether oxygens (including phenoxy) is 3. The molecule has 5 aromatic rings. The molecule has 1 saturated heterocycles. The number of likely N-dealkylation sites (tertiary alicyclic amines) is 1. The quantitative estimate of drug-likeness (QED) is 0.183. The number of nitrogens with zero attached hydrogens (tertiary/aromatic N) is 2.